The molecular formula is C16H20FNO. The fourth-order valence-corrected chi connectivity index (χ4v) is 3.36. The number of halogens is 1. The van der Waals surface area contributed by atoms with Gasteiger partial charge in [-0.25, -0.2) is 4.39 Å². The van der Waals surface area contributed by atoms with Gasteiger partial charge in [-0.3, -0.25) is 0 Å². The number of benzene rings is 1. The van der Waals surface area contributed by atoms with Crippen molar-refractivity contribution in [3.05, 3.63) is 35.8 Å². The van der Waals surface area contributed by atoms with Crippen LogP contribution in [0.2, 0.25) is 0 Å². The van der Waals surface area contributed by atoms with Crippen molar-refractivity contribution in [1.82, 2.24) is 5.32 Å². The fourth-order valence-electron chi connectivity index (χ4n) is 3.36. The lowest BCUT2D eigenvalue weighted by molar-refractivity contribution is 0.328. The zero-order chi connectivity index (χ0) is 13.4. The lowest BCUT2D eigenvalue weighted by Crippen LogP contribution is -2.23. The van der Waals surface area contributed by atoms with Crippen molar-refractivity contribution in [3.8, 4) is 0 Å². The Morgan fingerprint density at radius 1 is 1.37 bits per heavy atom. The van der Waals surface area contributed by atoms with E-state index in [4.69, 9.17) is 4.42 Å². The van der Waals surface area contributed by atoms with Gasteiger partial charge in [-0.15, -0.1) is 0 Å². The van der Waals surface area contributed by atoms with E-state index in [9.17, 15) is 4.39 Å². The van der Waals surface area contributed by atoms with Crippen molar-refractivity contribution in [2.75, 3.05) is 7.05 Å². The van der Waals surface area contributed by atoms with E-state index in [0.717, 1.165) is 17.1 Å². The Bertz CT molecular complexity index is 577. The van der Waals surface area contributed by atoms with Gasteiger partial charge in [-0.05, 0) is 43.9 Å². The van der Waals surface area contributed by atoms with E-state index < -0.39 is 0 Å². The molecule has 1 saturated carbocycles. The molecule has 1 fully saturated rings. The lowest BCUT2D eigenvalue weighted by Gasteiger charge is -2.20. The highest BCUT2D eigenvalue weighted by atomic mass is 19.1. The Morgan fingerprint density at radius 2 is 2.21 bits per heavy atom. The summed E-state index contributed by atoms with van der Waals surface area (Å²) in [5, 5.41) is 4.19. The van der Waals surface area contributed by atoms with Crippen LogP contribution in [0.4, 0.5) is 4.39 Å². The Hall–Kier alpha value is -1.35. The molecule has 2 nitrogen and oxygen atoms in total. The van der Waals surface area contributed by atoms with Gasteiger partial charge in [-0.1, -0.05) is 25.5 Å². The highest BCUT2D eigenvalue weighted by Crippen LogP contribution is 2.40. The SMILES string of the molecule is CNC(c1cc2cccc(F)c2o1)C1CCC(C)C1. The normalized spacial score (nSPS) is 25.0. The molecule has 1 N–H and O–H groups in total. The third-order valence-electron chi connectivity index (χ3n) is 4.34. The van der Waals surface area contributed by atoms with Gasteiger partial charge in [0, 0.05) is 5.39 Å². The largest absolute Gasteiger partial charge is 0.456 e. The average molecular weight is 261 g/mol. The molecule has 2 aromatic rings. The molecule has 1 aromatic carbocycles. The minimum Gasteiger partial charge on any atom is -0.456 e. The first-order chi connectivity index (χ1) is 9.19. The molecule has 3 rings (SSSR count). The smallest absolute Gasteiger partial charge is 0.169 e. The van der Waals surface area contributed by atoms with E-state index in [2.05, 4.69) is 12.2 Å². The van der Waals surface area contributed by atoms with Crippen LogP contribution in [0.15, 0.2) is 28.7 Å². The molecule has 0 radical (unpaired) electrons. The second-order valence-electron chi connectivity index (χ2n) is 5.75. The van der Waals surface area contributed by atoms with Crippen LogP contribution >= 0.6 is 0 Å². The second kappa shape index (κ2) is 4.97. The molecule has 3 heteroatoms. The first-order valence-electron chi connectivity index (χ1n) is 7.04. The lowest BCUT2D eigenvalue weighted by atomic mass is 9.95. The van der Waals surface area contributed by atoms with Gasteiger partial charge in [0.25, 0.3) is 0 Å². The molecule has 3 atom stereocenters. The molecule has 0 bridgehead atoms. The third kappa shape index (κ3) is 2.27. The first-order valence-corrected chi connectivity index (χ1v) is 7.04. The summed E-state index contributed by atoms with van der Waals surface area (Å²) < 4.78 is 19.5. The number of rotatable bonds is 3. The Morgan fingerprint density at radius 3 is 2.84 bits per heavy atom. The molecule has 3 unspecified atom stereocenters. The number of fused-ring (bicyclic) bond motifs is 1. The van der Waals surface area contributed by atoms with E-state index in [1.54, 1.807) is 6.07 Å². The number of nitrogens with one attached hydrogen (secondary N) is 1. The fraction of sp³-hybridized carbons (Fsp3) is 0.500. The van der Waals surface area contributed by atoms with Gasteiger partial charge in [0.1, 0.15) is 5.76 Å². The molecule has 19 heavy (non-hydrogen) atoms. The van der Waals surface area contributed by atoms with Crippen molar-refractivity contribution in [3.63, 3.8) is 0 Å². The minimum absolute atomic E-state index is 0.191. The highest BCUT2D eigenvalue weighted by molar-refractivity contribution is 5.78. The van der Waals surface area contributed by atoms with Crippen LogP contribution < -0.4 is 5.32 Å². The van der Waals surface area contributed by atoms with Crippen LogP contribution in [0.1, 0.15) is 38.0 Å². The summed E-state index contributed by atoms with van der Waals surface area (Å²) in [5.41, 5.74) is 0.379. The van der Waals surface area contributed by atoms with Crippen molar-refractivity contribution < 1.29 is 8.81 Å². The summed E-state index contributed by atoms with van der Waals surface area (Å²) in [7, 11) is 1.96. The Labute approximate surface area is 113 Å². The molecule has 0 aliphatic heterocycles. The number of hydrogen-bond acceptors (Lipinski definition) is 2. The van der Waals surface area contributed by atoms with E-state index in [-0.39, 0.29) is 11.9 Å². The maximum absolute atomic E-state index is 13.7. The topological polar surface area (TPSA) is 25.2 Å². The minimum atomic E-state index is -0.279. The van der Waals surface area contributed by atoms with Crippen molar-refractivity contribution in [1.29, 1.82) is 0 Å². The van der Waals surface area contributed by atoms with Gasteiger partial charge in [0.15, 0.2) is 11.4 Å². The highest BCUT2D eigenvalue weighted by Gasteiger charge is 2.31. The van der Waals surface area contributed by atoms with E-state index >= 15 is 0 Å². The number of hydrogen-bond donors (Lipinski definition) is 1. The molecular weight excluding hydrogens is 241 g/mol. The molecule has 1 aromatic heterocycles. The summed E-state index contributed by atoms with van der Waals surface area (Å²) in [4.78, 5) is 0. The summed E-state index contributed by atoms with van der Waals surface area (Å²) in [6.45, 7) is 2.30. The van der Waals surface area contributed by atoms with Gasteiger partial charge < -0.3 is 9.73 Å². The molecule has 1 aliphatic carbocycles. The maximum Gasteiger partial charge on any atom is 0.169 e. The molecule has 0 spiro atoms. The average Bonchev–Trinajstić information content (AvgIpc) is 2.98. The van der Waals surface area contributed by atoms with Crippen molar-refractivity contribution >= 4 is 11.0 Å². The number of furan rings is 1. The van der Waals surface area contributed by atoms with Gasteiger partial charge in [-0.2, -0.15) is 0 Å². The Kier molecular flexibility index (Phi) is 3.31. The first kappa shape index (κ1) is 12.7. The van der Waals surface area contributed by atoms with Crippen molar-refractivity contribution in [2.24, 2.45) is 11.8 Å². The van der Waals surface area contributed by atoms with Crippen LogP contribution in [-0.4, -0.2) is 7.05 Å². The number of para-hydroxylation sites is 1. The quantitative estimate of drug-likeness (QED) is 0.892. The van der Waals surface area contributed by atoms with Crippen molar-refractivity contribution in [2.45, 2.75) is 32.2 Å². The molecule has 0 amide bonds. The summed E-state index contributed by atoms with van der Waals surface area (Å²) in [6, 6.07) is 7.24. The van der Waals surface area contributed by atoms with E-state index in [1.165, 1.54) is 25.3 Å². The summed E-state index contributed by atoms with van der Waals surface area (Å²) >= 11 is 0. The van der Waals surface area contributed by atoms with Gasteiger partial charge in [0.05, 0.1) is 6.04 Å². The monoisotopic (exact) mass is 261 g/mol. The maximum atomic E-state index is 13.7. The van der Waals surface area contributed by atoms with E-state index in [0.29, 0.717) is 11.5 Å². The Balaban J connectivity index is 1.95. The van der Waals surface area contributed by atoms with Gasteiger partial charge >= 0.3 is 0 Å². The predicted octanol–water partition coefficient (Wildman–Crippen LogP) is 4.27. The molecule has 1 aliphatic rings. The van der Waals surface area contributed by atoms with Crippen LogP contribution in [0.5, 0.6) is 0 Å². The van der Waals surface area contributed by atoms with Gasteiger partial charge in [0.2, 0.25) is 0 Å². The molecule has 1 heterocycles. The predicted molar refractivity (Wildman–Crippen MR) is 74.5 cm³/mol. The zero-order valence-corrected chi connectivity index (χ0v) is 11.4. The molecule has 102 valence electrons. The standard InChI is InChI=1S/C16H20FNO/c1-10-6-7-11(8-10)15(18-2)14-9-12-4-3-5-13(17)16(12)19-14/h3-5,9-11,15,18H,6-8H2,1-2H3. The summed E-state index contributed by atoms with van der Waals surface area (Å²) in [6.07, 6.45) is 3.70. The van der Waals surface area contributed by atoms with Crippen LogP contribution in [0, 0.1) is 17.7 Å². The zero-order valence-electron chi connectivity index (χ0n) is 11.4. The third-order valence-corrected chi connectivity index (χ3v) is 4.34. The van der Waals surface area contributed by atoms with E-state index in [1.807, 2.05) is 19.2 Å². The summed E-state index contributed by atoms with van der Waals surface area (Å²) in [5.74, 6) is 1.95. The second-order valence-corrected chi connectivity index (χ2v) is 5.75. The van der Waals surface area contributed by atoms with Crippen LogP contribution in [-0.2, 0) is 0 Å². The van der Waals surface area contributed by atoms with Crippen LogP contribution in [0.3, 0.4) is 0 Å². The van der Waals surface area contributed by atoms with Crippen LogP contribution in [0.25, 0.3) is 11.0 Å². The molecule has 0 saturated heterocycles.